The molecule has 4 atom stereocenters. The number of aliphatic imine (C=N–C) groups is 1. The first kappa shape index (κ1) is 12.3. The number of hydrogen-bond donors (Lipinski definition) is 2. The lowest BCUT2D eigenvalue weighted by Crippen LogP contribution is -2.48. The summed E-state index contributed by atoms with van der Waals surface area (Å²) in [6.07, 6.45) is 5.73. The molecule has 102 valence electrons. The van der Waals surface area contributed by atoms with Crippen molar-refractivity contribution in [3.63, 3.8) is 0 Å². The van der Waals surface area contributed by atoms with Crippen LogP contribution in [0.1, 0.15) is 46.5 Å². The topological polar surface area (TPSA) is 45.7 Å². The molecule has 0 aromatic heterocycles. The van der Waals surface area contributed by atoms with Gasteiger partial charge in [0.05, 0.1) is 18.2 Å². The van der Waals surface area contributed by atoms with Gasteiger partial charge in [0.15, 0.2) is 5.96 Å². The van der Waals surface area contributed by atoms with Gasteiger partial charge in [-0.25, -0.2) is 0 Å². The lowest BCUT2D eigenvalue weighted by atomic mass is 9.96. The summed E-state index contributed by atoms with van der Waals surface area (Å²) in [5.74, 6) is 0.981. The summed E-state index contributed by atoms with van der Waals surface area (Å²) < 4.78 is 5.88. The van der Waals surface area contributed by atoms with E-state index in [0.29, 0.717) is 29.7 Å². The van der Waals surface area contributed by atoms with E-state index < -0.39 is 0 Å². The van der Waals surface area contributed by atoms with Crippen molar-refractivity contribution in [3.8, 4) is 0 Å². The van der Waals surface area contributed by atoms with E-state index in [-0.39, 0.29) is 0 Å². The van der Waals surface area contributed by atoms with E-state index in [4.69, 9.17) is 4.74 Å². The number of ether oxygens (including phenoxy) is 1. The summed E-state index contributed by atoms with van der Waals surface area (Å²) in [4.78, 5) is 4.56. The highest BCUT2D eigenvalue weighted by Gasteiger charge is 2.47. The van der Waals surface area contributed by atoms with Crippen molar-refractivity contribution >= 4 is 5.96 Å². The Balaban J connectivity index is 1.56. The van der Waals surface area contributed by atoms with Crippen molar-refractivity contribution in [2.45, 2.75) is 70.7 Å². The second-order valence-electron chi connectivity index (χ2n) is 6.57. The van der Waals surface area contributed by atoms with Crippen molar-refractivity contribution in [2.24, 2.45) is 10.4 Å². The van der Waals surface area contributed by atoms with E-state index in [9.17, 15) is 0 Å². The predicted molar refractivity (Wildman–Crippen MR) is 72.7 cm³/mol. The van der Waals surface area contributed by atoms with Crippen LogP contribution in [0.2, 0.25) is 0 Å². The van der Waals surface area contributed by atoms with Gasteiger partial charge in [0.25, 0.3) is 0 Å². The van der Waals surface area contributed by atoms with E-state index in [1.807, 2.05) is 0 Å². The number of guanidine groups is 1. The number of nitrogens with one attached hydrogen (secondary N) is 2. The molecule has 2 saturated heterocycles. The Bertz CT molecular complexity index is 353. The molecule has 0 aromatic rings. The van der Waals surface area contributed by atoms with Crippen molar-refractivity contribution in [2.75, 3.05) is 6.54 Å². The minimum Gasteiger partial charge on any atom is -0.373 e. The highest BCUT2D eigenvalue weighted by atomic mass is 16.5. The molecule has 2 aliphatic heterocycles. The molecule has 1 aliphatic carbocycles. The standard InChI is InChI=1S/C14H25N3O/c1-4-15-13(17-12-8-14(12,2)3)16-10-7-9-5-6-11(10)18-9/h9-12H,4-8H2,1-3H3,(H2,15,16,17). The van der Waals surface area contributed by atoms with E-state index in [1.165, 1.54) is 19.3 Å². The Kier molecular flexibility index (Phi) is 3.00. The van der Waals surface area contributed by atoms with Gasteiger partial charge in [0, 0.05) is 12.6 Å². The minimum absolute atomic E-state index is 0.408. The van der Waals surface area contributed by atoms with Crippen LogP contribution in [0, 0.1) is 5.41 Å². The van der Waals surface area contributed by atoms with Crippen molar-refractivity contribution in [1.82, 2.24) is 10.6 Å². The van der Waals surface area contributed by atoms with Gasteiger partial charge in [-0.2, -0.15) is 0 Å². The molecule has 4 nitrogen and oxygen atoms in total. The Morgan fingerprint density at radius 1 is 1.33 bits per heavy atom. The van der Waals surface area contributed by atoms with Gasteiger partial charge >= 0.3 is 0 Å². The third-order valence-electron chi connectivity index (χ3n) is 4.57. The first-order chi connectivity index (χ1) is 8.58. The highest BCUT2D eigenvalue weighted by Crippen LogP contribution is 2.44. The van der Waals surface area contributed by atoms with Crippen LogP contribution in [0.3, 0.4) is 0 Å². The average Bonchev–Trinajstić information content (AvgIpc) is 2.72. The van der Waals surface area contributed by atoms with Gasteiger partial charge in [-0.15, -0.1) is 0 Å². The molecule has 2 bridgehead atoms. The molecule has 3 fully saturated rings. The first-order valence-electron chi connectivity index (χ1n) is 7.31. The zero-order valence-corrected chi connectivity index (χ0v) is 11.7. The molecule has 3 rings (SSSR count). The van der Waals surface area contributed by atoms with Crippen LogP contribution < -0.4 is 10.6 Å². The van der Waals surface area contributed by atoms with E-state index >= 15 is 0 Å². The molecule has 0 spiro atoms. The Morgan fingerprint density at radius 2 is 2.11 bits per heavy atom. The van der Waals surface area contributed by atoms with E-state index in [2.05, 4.69) is 36.4 Å². The molecule has 2 heterocycles. The Hall–Kier alpha value is -0.770. The van der Waals surface area contributed by atoms with Crippen molar-refractivity contribution in [1.29, 1.82) is 0 Å². The fourth-order valence-corrected chi connectivity index (χ4v) is 3.14. The van der Waals surface area contributed by atoms with Gasteiger partial charge in [-0.3, -0.25) is 4.99 Å². The molecular formula is C14H25N3O. The Labute approximate surface area is 110 Å². The number of nitrogens with zero attached hydrogens (tertiary/aromatic N) is 1. The maximum Gasteiger partial charge on any atom is 0.191 e. The fraction of sp³-hybridized carbons (Fsp3) is 0.929. The van der Waals surface area contributed by atoms with Crippen LogP contribution in [0.25, 0.3) is 0 Å². The molecule has 3 aliphatic rings. The lowest BCUT2D eigenvalue weighted by Gasteiger charge is -2.23. The van der Waals surface area contributed by atoms with Crippen LogP contribution in [0.15, 0.2) is 4.99 Å². The molecule has 2 N–H and O–H groups in total. The normalized spacial score (nSPS) is 40.9. The molecule has 18 heavy (non-hydrogen) atoms. The third-order valence-corrected chi connectivity index (χ3v) is 4.57. The summed E-state index contributed by atoms with van der Waals surface area (Å²) >= 11 is 0. The van der Waals surface area contributed by atoms with Crippen molar-refractivity contribution in [3.05, 3.63) is 0 Å². The average molecular weight is 251 g/mol. The van der Waals surface area contributed by atoms with Gasteiger partial charge in [0.1, 0.15) is 0 Å². The quantitative estimate of drug-likeness (QED) is 0.592. The van der Waals surface area contributed by atoms with Crippen LogP contribution >= 0.6 is 0 Å². The first-order valence-corrected chi connectivity index (χ1v) is 7.31. The number of rotatable bonds is 3. The van der Waals surface area contributed by atoms with Crippen molar-refractivity contribution < 1.29 is 4.74 Å². The second kappa shape index (κ2) is 4.41. The van der Waals surface area contributed by atoms with Crippen LogP contribution in [0.5, 0.6) is 0 Å². The lowest BCUT2D eigenvalue weighted by molar-refractivity contribution is 0.0992. The highest BCUT2D eigenvalue weighted by molar-refractivity contribution is 5.81. The number of fused-ring (bicyclic) bond motifs is 2. The van der Waals surface area contributed by atoms with Gasteiger partial charge in [-0.1, -0.05) is 13.8 Å². The van der Waals surface area contributed by atoms with Crippen LogP contribution in [0.4, 0.5) is 0 Å². The largest absolute Gasteiger partial charge is 0.373 e. The minimum atomic E-state index is 0.408. The summed E-state index contributed by atoms with van der Waals surface area (Å²) in [7, 11) is 0. The second-order valence-corrected chi connectivity index (χ2v) is 6.57. The van der Waals surface area contributed by atoms with Gasteiger partial charge < -0.3 is 15.4 Å². The molecule has 4 heteroatoms. The smallest absolute Gasteiger partial charge is 0.191 e. The van der Waals surface area contributed by atoms with Crippen LogP contribution in [-0.4, -0.2) is 36.8 Å². The molecule has 4 unspecified atom stereocenters. The third kappa shape index (κ3) is 2.35. The molecule has 1 saturated carbocycles. The van der Waals surface area contributed by atoms with Gasteiger partial charge in [0.2, 0.25) is 0 Å². The van der Waals surface area contributed by atoms with E-state index in [1.54, 1.807) is 0 Å². The molecule has 0 amide bonds. The van der Waals surface area contributed by atoms with E-state index in [0.717, 1.165) is 18.9 Å². The summed E-state index contributed by atoms with van der Waals surface area (Å²) in [6, 6.07) is 1.04. The molecule has 0 radical (unpaired) electrons. The number of hydrogen-bond acceptors (Lipinski definition) is 2. The maximum atomic E-state index is 5.88. The SMILES string of the molecule is CCN=C(NC1CC2CCC1O2)NC1CC1(C)C. The fourth-order valence-electron chi connectivity index (χ4n) is 3.14. The summed E-state index contributed by atoms with van der Waals surface area (Å²) in [5, 5.41) is 7.12. The zero-order valence-electron chi connectivity index (χ0n) is 11.7. The zero-order chi connectivity index (χ0) is 12.8. The predicted octanol–water partition coefficient (Wildman–Crippen LogP) is 1.66. The summed E-state index contributed by atoms with van der Waals surface area (Å²) in [5.41, 5.74) is 0.432. The molecule has 0 aromatic carbocycles. The van der Waals surface area contributed by atoms with Crippen LogP contribution in [-0.2, 0) is 4.74 Å². The Morgan fingerprint density at radius 3 is 2.61 bits per heavy atom. The molecular weight excluding hydrogens is 226 g/mol. The maximum absolute atomic E-state index is 5.88. The summed E-state index contributed by atoms with van der Waals surface area (Å²) in [6.45, 7) is 7.51. The van der Waals surface area contributed by atoms with Gasteiger partial charge in [-0.05, 0) is 38.0 Å². The monoisotopic (exact) mass is 251 g/mol.